The smallest absolute Gasteiger partial charge is 0.244 e. The minimum Gasteiger partial charge on any atom is -0.291 e. The van der Waals surface area contributed by atoms with E-state index in [1.807, 2.05) is 39.0 Å². The van der Waals surface area contributed by atoms with Crippen molar-refractivity contribution in [3.05, 3.63) is 265 Å². The lowest BCUT2D eigenvalue weighted by Crippen LogP contribution is -2.51. The highest BCUT2D eigenvalue weighted by Crippen LogP contribution is 2.58. The van der Waals surface area contributed by atoms with E-state index in [0.717, 1.165) is 49.7 Å². The van der Waals surface area contributed by atoms with E-state index in [4.69, 9.17) is 0 Å². The van der Waals surface area contributed by atoms with Gasteiger partial charge in [0.25, 0.3) is 0 Å². The van der Waals surface area contributed by atoms with Crippen LogP contribution in [0.3, 0.4) is 0 Å². The van der Waals surface area contributed by atoms with Gasteiger partial charge in [-0.15, -0.1) is 16.4 Å². The minimum absolute atomic E-state index is 0.0225. The Morgan fingerprint density at radius 3 is 1.47 bits per heavy atom. The van der Waals surface area contributed by atoms with Crippen LogP contribution in [0.5, 0.6) is 0 Å². The Labute approximate surface area is 680 Å². The molecule has 9 heterocycles. The van der Waals surface area contributed by atoms with Gasteiger partial charge in [0, 0.05) is 82.4 Å². The lowest BCUT2D eigenvalue weighted by molar-refractivity contribution is 0.0666. The molecule has 34 heteroatoms. The Morgan fingerprint density at radius 1 is 0.551 bits per heavy atom. The molecule has 6 aliphatic carbocycles. The average Bonchev–Trinajstić information content (AvgIpc) is 1.22. The second-order valence-electron chi connectivity index (χ2n) is 31.0. The summed E-state index contributed by atoms with van der Waals surface area (Å²) < 4.78 is 151. The highest BCUT2D eigenvalue weighted by Gasteiger charge is 2.61. The number of carbonyl (C=O) groups excluding carboxylic acids is 3. The zero-order valence-electron chi connectivity index (χ0n) is 65.0. The molecule has 9 aromatic heterocycles. The van der Waals surface area contributed by atoms with E-state index in [1.54, 1.807) is 137 Å². The van der Waals surface area contributed by atoms with Gasteiger partial charge < -0.3 is 0 Å². The molecule has 6 aliphatic rings. The van der Waals surface area contributed by atoms with Crippen LogP contribution >= 0.6 is 11.3 Å². The number of benzene rings is 3. The summed E-state index contributed by atoms with van der Waals surface area (Å²) in [5.41, 5.74) is 7.77. The number of hydrogen-bond donors (Lipinski definition) is 0. The van der Waals surface area contributed by atoms with E-state index in [2.05, 4.69) is 56.4 Å². The number of pyridine rings is 2. The lowest BCUT2D eigenvalue weighted by Gasteiger charge is -2.46. The van der Waals surface area contributed by atoms with Gasteiger partial charge >= 0.3 is 0 Å². The number of halogens is 5. The molecule has 12 aromatic rings. The first-order valence-corrected chi connectivity index (χ1v) is 43.6. The molecule has 7 atom stereocenters. The first kappa shape index (κ1) is 80.3. The Bertz CT molecular complexity index is 6440. The highest BCUT2D eigenvalue weighted by atomic mass is 32.2. The number of sulfone groups is 2. The largest absolute Gasteiger partial charge is 0.291 e. The molecule has 0 bridgehead atoms. The Hall–Kier alpha value is -11.5. The van der Waals surface area contributed by atoms with Gasteiger partial charge in [-0.05, 0) is 246 Å². The van der Waals surface area contributed by atoms with Crippen LogP contribution in [0.2, 0.25) is 0 Å². The molecule has 3 saturated carbocycles. The average molecular weight is 1680 g/mol. The summed E-state index contributed by atoms with van der Waals surface area (Å²) in [5, 5.41) is 22.5. The highest BCUT2D eigenvalue weighted by molar-refractivity contribution is 7.98. The summed E-state index contributed by atoms with van der Waals surface area (Å²) >= 11 is 1.34. The Balaban J connectivity index is 0.000000132. The molecule has 1 unspecified atom stereocenters. The van der Waals surface area contributed by atoms with Crippen molar-refractivity contribution in [3.63, 3.8) is 0 Å². The number of ketones is 3. The van der Waals surface area contributed by atoms with Gasteiger partial charge in [0.2, 0.25) is 25.8 Å². The molecule has 25 nitrogen and oxygen atoms in total. The lowest BCUT2D eigenvalue weighted by atomic mass is 9.61. The number of aromatic nitrogens is 16. The fraction of sp³-hybridized carbons (Fsp3) is 0.310. The minimum atomic E-state index is -4.53. The predicted molar refractivity (Wildman–Crippen MR) is 432 cm³/mol. The van der Waals surface area contributed by atoms with Crippen LogP contribution in [-0.4, -0.2) is 157 Å². The normalized spacial score (nSPS) is 21.7. The summed E-state index contributed by atoms with van der Waals surface area (Å²) in [6, 6.07) is 27.3. The van der Waals surface area contributed by atoms with Crippen molar-refractivity contribution < 1.29 is 57.4 Å². The molecule has 0 amide bonds. The van der Waals surface area contributed by atoms with Crippen molar-refractivity contribution in [2.24, 2.45) is 37.4 Å². The molecule has 0 spiro atoms. The van der Waals surface area contributed by atoms with Crippen molar-refractivity contribution in [2.45, 2.75) is 129 Å². The molecule has 18 rings (SSSR count). The van der Waals surface area contributed by atoms with Gasteiger partial charge in [-0.1, -0.05) is 16.7 Å². The molecule has 0 radical (unpaired) electrons. The first-order chi connectivity index (χ1) is 56.3. The van der Waals surface area contributed by atoms with Gasteiger partial charge in [-0.2, -0.15) is 25.5 Å². The van der Waals surface area contributed by atoms with E-state index < -0.39 is 80.8 Å². The van der Waals surface area contributed by atoms with Crippen molar-refractivity contribution >= 4 is 82.2 Å². The topological polar surface area (TPSA) is 298 Å². The molecule has 608 valence electrons. The van der Waals surface area contributed by atoms with Crippen molar-refractivity contribution in [1.29, 1.82) is 0 Å². The van der Waals surface area contributed by atoms with Gasteiger partial charge in [-0.25, -0.2) is 71.3 Å². The molecular formula is C84H80F5N17O8S4. The Kier molecular flexibility index (Phi) is 21.0. The fourth-order valence-electron chi connectivity index (χ4n) is 17.5. The van der Waals surface area contributed by atoms with E-state index in [0.29, 0.717) is 89.5 Å². The van der Waals surface area contributed by atoms with Crippen molar-refractivity contribution in [3.8, 4) is 17.1 Å². The number of Topliss-reactive ketones (excluding diaryl/α,β-unsaturated/α-hetero) is 3. The number of carbonyl (C=O) groups is 3. The molecule has 0 saturated heterocycles. The summed E-state index contributed by atoms with van der Waals surface area (Å²) in [6.45, 7) is 4.76. The van der Waals surface area contributed by atoms with Crippen LogP contribution < -0.4 is 0 Å². The first-order valence-electron chi connectivity index (χ1n) is 38.1. The fourth-order valence-corrected chi connectivity index (χ4v) is 23.4. The van der Waals surface area contributed by atoms with Crippen LogP contribution in [0.1, 0.15) is 138 Å². The number of nitrogens with zero attached hydrogens (tertiary/aromatic N) is 17. The molecule has 3 aromatic carbocycles. The molecular weight excluding hydrogens is 1600 g/mol. The van der Waals surface area contributed by atoms with Crippen LogP contribution in [0.15, 0.2) is 197 Å². The number of rotatable bonds is 18. The maximum Gasteiger partial charge on any atom is 0.244 e. The third kappa shape index (κ3) is 14.4. The maximum atomic E-state index is 16.8. The third-order valence-corrected chi connectivity index (χ3v) is 30.4. The summed E-state index contributed by atoms with van der Waals surface area (Å²) in [5.74, 6) is 2.17. The molecule has 118 heavy (non-hydrogen) atoms. The second-order valence-corrected chi connectivity index (χ2v) is 38.7. The third-order valence-electron chi connectivity index (χ3n) is 23.3. The quantitative estimate of drug-likeness (QED) is 0.0438. The van der Waals surface area contributed by atoms with Crippen molar-refractivity contribution in [2.75, 3.05) is 13.2 Å². The summed E-state index contributed by atoms with van der Waals surface area (Å²) in [7, 11) is -6.62. The zero-order valence-corrected chi connectivity index (χ0v) is 68.2. The van der Waals surface area contributed by atoms with Gasteiger partial charge in [-0.3, -0.25) is 38.4 Å². The number of thiazole rings is 1. The van der Waals surface area contributed by atoms with Crippen LogP contribution in [-0.2, 0) is 69.8 Å². The SMILES string of the molecule is C=S(=O)(c1ncn(C)n1)N(CCF)[C@H]1CCC2=Cc3c(cnn3-c3ccc(F)cc3)C[C@]2(C(=O)c2ncc(C)s2)C1.Cc1ccnc(C(=O)[C@]23Cc4cnn(-c5ccc(F)cc5)c4C=C2CC[C@H](S(=O)(=O)c2ccn(C)n2)C3)c1.Cc1ccnc(C(=O)[C@]23Cc4cnn(-c5ccc(F)cc5)c4C=C2CC[C@](F)(S(=O)(=O)c2ccn(C)n2)C3)c1. The van der Waals surface area contributed by atoms with E-state index in [1.165, 1.54) is 92.6 Å². The number of aryl methyl sites for hydroxylation is 6. The molecule has 0 aliphatic heterocycles. The van der Waals surface area contributed by atoms with Gasteiger partial charge in [0.1, 0.15) is 41.8 Å². The number of fused-ring (bicyclic) bond motifs is 6. The standard InChI is InChI=1S/C28H29F2N7O2S2.C28H25F2N5O3S.C28H26FN5O3S/c1-18-15-31-26(40-18)25(38)28-13-19-16-33-37(22-8-5-21(30)6-9-22)24(19)12-20(28)4-7-23(14-28)36(11-10-29)41(3,39)27-32-17-35(2)34-27;1-18-8-11-31-23(13-18)26(36)27-15-19-16-32-35(22-5-3-21(29)4-6-22)24(19)14-20(27)7-10-28(30,17-27)39(37,38)25-9-12-34(2)33-25;1-18-9-11-30-24(13-18)27(35)28-15-19-17-31-34(22-6-4-21(29)5-7-22)25(19)14-20(28)3-8-23(16-28)38(36,37)26-10-12-33(2)32-26/h5-6,8-9,12,15-17,23H,3-4,7,10-11,13-14H2,1-2H3;3-6,8-9,11-14,16H,7,10,15,17H2,1-2H3;4-7,9-14,17,23H,3,8,15-16H2,1-2H3/t23-,28-,41?;27-,28-;23-,28-/m000/s1. The Morgan fingerprint density at radius 2 is 1.02 bits per heavy atom. The van der Waals surface area contributed by atoms with Crippen LogP contribution in [0.4, 0.5) is 22.0 Å². The van der Waals surface area contributed by atoms with Crippen LogP contribution in [0.25, 0.3) is 35.3 Å². The maximum absolute atomic E-state index is 16.8. The monoisotopic (exact) mass is 1680 g/mol. The molecule has 3 fully saturated rings. The van der Waals surface area contributed by atoms with Gasteiger partial charge in [0.15, 0.2) is 36.5 Å². The summed E-state index contributed by atoms with van der Waals surface area (Å²) in [4.78, 5) is 61.0. The van der Waals surface area contributed by atoms with Crippen molar-refractivity contribution in [1.82, 2.24) is 82.9 Å². The predicted octanol–water partition coefficient (Wildman–Crippen LogP) is 13.1. The van der Waals surface area contributed by atoms with E-state index >= 15 is 4.39 Å². The second kappa shape index (κ2) is 30.8. The van der Waals surface area contributed by atoms with Gasteiger partial charge in [0.05, 0.1) is 83.9 Å². The number of hydrogen-bond acceptors (Lipinski definition) is 19. The number of alkyl halides is 2. The number of allylic oxidation sites excluding steroid dienone is 3. The van der Waals surface area contributed by atoms with Crippen LogP contribution in [0, 0.1) is 54.5 Å². The zero-order chi connectivity index (χ0) is 83.2. The molecule has 0 N–H and O–H groups in total. The summed E-state index contributed by atoms with van der Waals surface area (Å²) in [6.07, 6.45) is 22.2. The van der Waals surface area contributed by atoms with E-state index in [-0.39, 0.29) is 82.1 Å². The van der Waals surface area contributed by atoms with E-state index in [9.17, 15) is 53.0 Å².